The van der Waals surface area contributed by atoms with E-state index in [1.54, 1.807) is 24.3 Å². The third-order valence-electron chi connectivity index (χ3n) is 4.36. The summed E-state index contributed by atoms with van der Waals surface area (Å²) in [5, 5.41) is 18.3. The summed E-state index contributed by atoms with van der Waals surface area (Å²) in [5.74, 6) is -2.92. The average Bonchev–Trinajstić information content (AvgIpc) is 3.02. The number of benzene rings is 3. The van der Waals surface area contributed by atoms with Crippen molar-refractivity contribution in [2.45, 2.75) is 0 Å². The van der Waals surface area contributed by atoms with Gasteiger partial charge in [-0.25, -0.2) is 19.2 Å². The molecule has 31 heavy (non-hydrogen) atoms. The van der Waals surface area contributed by atoms with E-state index in [-0.39, 0.29) is 22.4 Å². The van der Waals surface area contributed by atoms with Crippen LogP contribution < -0.4 is 9.47 Å². The van der Waals surface area contributed by atoms with Crippen molar-refractivity contribution in [2.24, 2.45) is 0 Å². The van der Waals surface area contributed by atoms with Gasteiger partial charge >= 0.3 is 23.9 Å². The molecule has 0 aliphatic carbocycles. The largest absolute Gasteiger partial charge is 0.478 e. The van der Waals surface area contributed by atoms with E-state index < -0.39 is 29.4 Å². The summed E-state index contributed by atoms with van der Waals surface area (Å²) in [7, 11) is 0. The Morgan fingerprint density at radius 1 is 0.613 bits per heavy atom. The molecule has 9 nitrogen and oxygen atoms in total. The third kappa shape index (κ3) is 3.92. The van der Waals surface area contributed by atoms with E-state index in [1.165, 1.54) is 24.3 Å². The molecule has 1 aliphatic heterocycles. The Morgan fingerprint density at radius 3 is 1.68 bits per heavy atom. The summed E-state index contributed by atoms with van der Waals surface area (Å²) >= 11 is 0. The number of rotatable bonds is 6. The number of carboxylic acid groups (broad SMARTS) is 2. The molecule has 0 unspecified atom stereocenters. The van der Waals surface area contributed by atoms with Gasteiger partial charge in [-0.3, -0.25) is 0 Å². The fourth-order valence-corrected chi connectivity index (χ4v) is 2.93. The third-order valence-corrected chi connectivity index (χ3v) is 4.36. The molecule has 0 radical (unpaired) electrons. The van der Waals surface area contributed by atoms with Gasteiger partial charge in [-0.05, 0) is 60.7 Å². The molecule has 3 aromatic rings. The van der Waals surface area contributed by atoms with Crippen LogP contribution in [0.2, 0.25) is 0 Å². The Kier molecular flexibility index (Phi) is 4.84. The van der Waals surface area contributed by atoms with Gasteiger partial charge in [0.05, 0.1) is 22.3 Å². The number of esters is 2. The van der Waals surface area contributed by atoms with Crippen LogP contribution in [0.1, 0.15) is 41.4 Å². The normalized spacial score (nSPS) is 12.1. The zero-order valence-electron chi connectivity index (χ0n) is 15.5. The van der Waals surface area contributed by atoms with Gasteiger partial charge in [-0.15, -0.1) is 0 Å². The van der Waals surface area contributed by atoms with Crippen LogP contribution in [0.5, 0.6) is 23.0 Å². The van der Waals surface area contributed by atoms with Gasteiger partial charge in [0, 0.05) is 0 Å². The number of ether oxygens (including phenoxy) is 3. The van der Waals surface area contributed by atoms with Gasteiger partial charge in [0.1, 0.15) is 23.0 Å². The number of carbonyl (C=O) groups excluding carboxylic acids is 2. The molecule has 0 saturated heterocycles. The molecule has 0 saturated carbocycles. The number of hydrogen-bond donors (Lipinski definition) is 2. The lowest BCUT2D eigenvalue weighted by Crippen LogP contribution is -2.07. The number of cyclic esters (lactones) is 2. The van der Waals surface area contributed by atoms with Crippen molar-refractivity contribution in [3.8, 4) is 23.0 Å². The van der Waals surface area contributed by atoms with Crippen LogP contribution in [0.4, 0.5) is 0 Å². The summed E-state index contributed by atoms with van der Waals surface area (Å²) in [6, 6.07) is 14.3. The van der Waals surface area contributed by atoms with Crippen molar-refractivity contribution in [2.75, 3.05) is 0 Å². The van der Waals surface area contributed by atoms with Crippen molar-refractivity contribution in [1.29, 1.82) is 0 Å². The van der Waals surface area contributed by atoms with Gasteiger partial charge in [0.2, 0.25) is 0 Å². The Balaban J connectivity index is 1.49. The number of carbonyl (C=O) groups is 4. The van der Waals surface area contributed by atoms with Crippen LogP contribution in [0, 0.1) is 0 Å². The van der Waals surface area contributed by atoms with Gasteiger partial charge in [0.15, 0.2) is 0 Å². The summed E-state index contributed by atoms with van der Waals surface area (Å²) in [6.45, 7) is 0. The van der Waals surface area contributed by atoms with Crippen molar-refractivity contribution in [3.05, 3.63) is 82.9 Å². The minimum absolute atomic E-state index is 0.126. The van der Waals surface area contributed by atoms with E-state index in [0.29, 0.717) is 17.2 Å². The topological polar surface area (TPSA) is 136 Å². The summed E-state index contributed by atoms with van der Waals surface area (Å²) < 4.78 is 15.8. The lowest BCUT2D eigenvalue weighted by Gasteiger charge is -2.10. The van der Waals surface area contributed by atoms with Gasteiger partial charge < -0.3 is 24.4 Å². The average molecular weight is 420 g/mol. The van der Waals surface area contributed by atoms with E-state index in [2.05, 4.69) is 4.74 Å². The highest BCUT2D eigenvalue weighted by atomic mass is 16.6. The molecule has 154 valence electrons. The maximum absolute atomic E-state index is 11.6. The Hall–Kier alpha value is -4.66. The number of hydrogen-bond acceptors (Lipinski definition) is 7. The van der Waals surface area contributed by atoms with Crippen molar-refractivity contribution >= 4 is 23.9 Å². The maximum atomic E-state index is 11.6. The first-order valence-electron chi connectivity index (χ1n) is 8.79. The predicted octanol–water partition coefficient (Wildman–Crippen LogP) is 3.98. The second-order valence-electron chi connectivity index (χ2n) is 6.38. The minimum atomic E-state index is -1.38. The smallest absolute Gasteiger partial charge is 0.347 e. The molecule has 0 atom stereocenters. The predicted molar refractivity (Wildman–Crippen MR) is 103 cm³/mol. The second-order valence-corrected chi connectivity index (χ2v) is 6.38. The first kappa shape index (κ1) is 19.6. The molecule has 1 heterocycles. The van der Waals surface area contributed by atoms with Gasteiger partial charge in [-0.1, -0.05) is 0 Å². The van der Waals surface area contributed by atoms with Crippen LogP contribution in [0.15, 0.2) is 60.7 Å². The first-order valence-corrected chi connectivity index (χ1v) is 8.79. The number of fused-ring (bicyclic) bond motifs is 1. The minimum Gasteiger partial charge on any atom is -0.478 e. The second kappa shape index (κ2) is 7.64. The highest BCUT2D eigenvalue weighted by molar-refractivity contribution is 6.14. The molecule has 0 amide bonds. The molecule has 4 rings (SSSR count). The summed E-state index contributed by atoms with van der Waals surface area (Å²) in [4.78, 5) is 45.5. The molecule has 3 aromatic carbocycles. The monoisotopic (exact) mass is 420 g/mol. The summed E-state index contributed by atoms with van der Waals surface area (Å²) in [6.07, 6.45) is 0. The lowest BCUT2D eigenvalue weighted by molar-refractivity contribution is 0.0442. The van der Waals surface area contributed by atoms with E-state index in [1.807, 2.05) is 0 Å². The van der Waals surface area contributed by atoms with Crippen LogP contribution >= 0.6 is 0 Å². The van der Waals surface area contributed by atoms with Crippen molar-refractivity contribution in [3.63, 3.8) is 0 Å². The first-order chi connectivity index (χ1) is 14.8. The van der Waals surface area contributed by atoms with Crippen LogP contribution in [0.25, 0.3) is 0 Å². The molecule has 2 N–H and O–H groups in total. The molecule has 9 heteroatoms. The van der Waals surface area contributed by atoms with Crippen LogP contribution in [-0.2, 0) is 4.74 Å². The zero-order chi connectivity index (χ0) is 22.1. The Labute approximate surface area is 174 Å². The highest BCUT2D eigenvalue weighted by Gasteiger charge is 2.29. The number of carboxylic acids is 2. The van der Waals surface area contributed by atoms with Crippen LogP contribution in [-0.4, -0.2) is 34.1 Å². The van der Waals surface area contributed by atoms with E-state index >= 15 is 0 Å². The van der Waals surface area contributed by atoms with E-state index in [4.69, 9.17) is 14.6 Å². The molecule has 1 aliphatic rings. The van der Waals surface area contributed by atoms with Gasteiger partial charge in [-0.2, -0.15) is 0 Å². The quantitative estimate of drug-likeness (QED) is 0.448. The molecule has 0 spiro atoms. The molecular weight excluding hydrogens is 408 g/mol. The lowest BCUT2D eigenvalue weighted by atomic mass is 10.1. The molecule has 0 aromatic heterocycles. The zero-order valence-corrected chi connectivity index (χ0v) is 15.5. The highest BCUT2D eigenvalue weighted by Crippen LogP contribution is 2.30. The van der Waals surface area contributed by atoms with Crippen molar-refractivity contribution < 1.29 is 43.6 Å². The Morgan fingerprint density at radius 2 is 1.10 bits per heavy atom. The maximum Gasteiger partial charge on any atom is 0.347 e. The molecule has 0 fully saturated rings. The fraction of sp³-hybridized carbons (Fsp3) is 0. The standard InChI is InChI=1S/C22H12O9/c23-19(24)15-7-5-13(9-17(15)20(25)26)29-11-1-3-12(4-2-11)30-14-6-8-16-18(10-14)22(28)31-21(16)27/h1-10H,(H,23,24)(H,25,26). The van der Waals surface area contributed by atoms with E-state index in [9.17, 15) is 24.3 Å². The molecule has 0 bridgehead atoms. The van der Waals surface area contributed by atoms with Crippen molar-refractivity contribution in [1.82, 2.24) is 0 Å². The summed E-state index contributed by atoms with van der Waals surface area (Å²) in [5.41, 5.74) is -0.431. The SMILES string of the molecule is O=C(O)c1ccc(Oc2ccc(Oc3ccc4c(c3)C(=O)OC4=O)cc2)cc1C(=O)O. The van der Waals surface area contributed by atoms with Gasteiger partial charge in [0.25, 0.3) is 0 Å². The number of aromatic carboxylic acids is 2. The van der Waals surface area contributed by atoms with Crippen LogP contribution in [0.3, 0.4) is 0 Å². The fourth-order valence-electron chi connectivity index (χ4n) is 2.93. The Bertz CT molecular complexity index is 1240. The molecular formula is C22H12O9. The van der Waals surface area contributed by atoms with E-state index in [0.717, 1.165) is 12.1 Å².